The fraction of sp³-hybridized carbons (Fsp3) is 0.0633. The molecule has 18 rings (SSSR count). The van der Waals surface area contributed by atoms with Gasteiger partial charge in [0.2, 0.25) is 0 Å². The van der Waals surface area contributed by atoms with Crippen molar-refractivity contribution in [3.8, 4) is 16.8 Å². The van der Waals surface area contributed by atoms with Gasteiger partial charge in [0.15, 0.2) is 11.2 Å². The number of benzene rings is 13. The Balaban J connectivity index is 1.02. The van der Waals surface area contributed by atoms with Crippen LogP contribution in [-0.4, -0.2) is 4.57 Å². The van der Waals surface area contributed by atoms with Gasteiger partial charge in [0, 0.05) is 54.5 Å². The van der Waals surface area contributed by atoms with Crippen LogP contribution in [0.5, 0.6) is 0 Å². The molecule has 1 atom stereocenters. The lowest BCUT2D eigenvalue weighted by atomic mass is 9.65. The van der Waals surface area contributed by atoms with E-state index in [1.807, 2.05) is 31.2 Å². The van der Waals surface area contributed by atoms with Crippen molar-refractivity contribution in [2.24, 2.45) is 0 Å². The molecule has 1 spiro atoms. The van der Waals surface area contributed by atoms with Crippen LogP contribution < -0.4 is 9.80 Å². The lowest BCUT2D eigenvalue weighted by Crippen LogP contribution is -2.34. The van der Waals surface area contributed by atoms with E-state index in [1.54, 1.807) is 12.1 Å². The van der Waals surface area contributed by atoms with E-state index in [4.69, 9.17) is 8.83 Å². The van der Waals surface area contributed by atoms with Crippen molar-refractivity contribution in [2.45, 2.75) is 32.4 Å². The van der Waals surface area contributed by atoms with Gasteiger partial charge in [-0.25, -0.2) is 0 Å². The van der Waals surface area contributed by atoms with Crippen LogP contribution in [-0.2, 0) is 11.6 Å². The van der Waals surface area contributed by atoms with Gasteiger partial charge < -0.3 is 23.2 Å². The summed E-state index contributed by atoms with van der Waals surface area (Å²) in [5.74, 6) is 0. The van der Waals surface area contributed by atoms with Crippen LogP contribution >= 0.6 is 0 Å². The summed E-state index contributed by atoms with van der Waals surface area (Å²) in [6.45, 7) is 6.27. The molecule has 0 fully saturated rings. The normalized spacial score (nSPS) is 14.4. The van der Waals surface area contributed by atoms with Crippen molar-refractivity contribution >= 4 is 121 Å². The second kappa shape index (κ2) is 17.9. The molecule has 0 saturated carbocycles. The van der Waals surface area contributed by atoms with Gasteiger partial charge in [0.25, 0.3) is 0 Å². The number of nitrogens with zero attached hydrogens (tertiary/aromatic N) is 3. The third-order valence-electron chi connectivity index (χ3n) is 18.9. The maximum atomic E-state index is 14.7. The molecular weight excluding hydrogens is 1080 g/mol. The fourth-order valence-electron chi connectivity index (χ4n) is 15.2. The van der Waals surface area contributed by atoms with E-state index in [-0.39, 0.29) is 0 Å². The first kappa shape index (κ1) is 49.6. The van der Waals surface area contributed by atoms with Gasteiger partial charge in [0.1, 0.15) is 11.2 Å². The predicted octanol–water partition coefficient (Wildman–Crippen LogP) is 22.4. The Hall–Kier alpha value is -10.8. The Labute approximate surface area is 497 Å². The SMILES string of the molecule is Cc1ccc(N(c2cc3c(c4ccccc24)-c2c(cc(N(c4ccc(C(F)(F)F)cc4)c4cccc5c4oc4c(C)cccc45)c4ccccc24)C32c3ccccc3-n3c4ccccc4c4cccc2c43)c2cccc3c2oc2c(C)cccc23)cc1. The smallest absolute Gasteiger partial charge is 0.416 e. The minimum atomic E-state index is -4.55. The monoisotopic (exact) mass is 1130 g/mol. The molecule has 13 aromatic carbocycles. The predicted molar refractivity (Wildman–Crippen MR) is 350 cm³/mol. The molecule has 87 heavy (non-hydrogen) atoms. The molecule has 3 aromatic heterocycles. The summed E-state index contributed by atoms with van der Waals surface area (Å²) in [4.78, 5) is 4.53. The molecule has 1 aliphatic carbocycles. The van der Waals surface area contributed by atoms with Gasteiger partial charge in [-0.2, -0.15) is 13.2 Å². The highest BCUT2D eigenvalue weighted by Gasteiger charge is 2.53. The van der Waals surface area contributed by atoms with Crippen LogP contribution in [0.25, 0.3) is 104 Å². The topological polar surface area (TPSA) is 37.7 Å². The van der Waals surface area contributed by atoms with Crippen molar-refractivity contribution < 1.29 is 22.0 Å². The Morgan fingerprint density at radius 1 is 0.356 bits per heavy atom. The molecular formula is C79H50F3N3O2. The lowest BCUT2D eigenvalue weighted by molar-refractivity contribution is -0.137. The lowest BCUT2D eigenvalue weighted by Gasteiger charge is -2.40. The summed E-state index contributed by atoms with van der Waals surface area (Å²) in [5, 5.41) is 10.3. The zero-order chi connectivity index (χ0) is 58.2. The van der Waals surface area contributed by atoms with E-state index in [2.05, 4.69) is 228 Å². The number of aryl methyl sites for hydroxylation is 3. The zero-order valence-corrected chi connectivity index (χ0v) is 47.5. The maximum absolute atomic E-state index is 14.7. The highest BCUT2D eigenvalue weighted by Crippen LogP contribution is 2.66. The van der Waals surface area contributed by atoms with E-state index < -0.39 is 17.2 Å². The number of furan rings is 2. The molecule has 0 bridgehead atoms. The summed E-state index contributed by atoms with van der Waals surface area (Å²) >= 11 is 0. The van der Waals surface area contributed by atoms with Crippen LogP contribution in [0.2, 0.25) is 0 Å². The van der Waals surface area contributed by atoms with E-state index in [0.717, 1.165) is 160 Å². The van der Waals surface area contributed by atoms with Crippen LogP contribution in [0.15, 0.2) is 258 Å². The third-order valence-corrected chi connectivity index (χ3v) is 18.9. The summed E-state index contributed by atoms with van der Waals surface area (Å²) in [6.07, 6.45) is -4.55. The van der Waals surface area contributed by atoms with Gasteiger partial charge in [-0.15, -0.1) is 0 Å². The van der Waals surface area contributed by atoms with Gasteiger partial charge in [-0.05, 0) is 149 Å². The Kier molecular flexibility index (Phi) is 10.2. The first-order chi connectivity index (χ1) is 42.6. The van der Waals surface area contributed by atoms with Gasteiger partial charge >= 0.3 is 6.18 Å². The Bertz CT molecular complexity index is 5630. The van der Waals surface area contributed by atoms with Crippen LogP contribution in [0.4, 0.5) is 47.3 Å². The first-order valence-electron chi connectivity index (χ1n) is 29.5. The number of hydrogen-bond acceptors (Lipinski definition) is 4. The molecule has 0 N–H and O–H groups in total. The van der Waals surface area contributed by atoms with Crippen molar-refractivity contribution in [3.63, 3.8) is 0 Å². The largest absolute Gasteiger partial charge is 0.454 e. The number of halogens is 3. The molecule has 0 saturated heterocycles. The summed E-state index contributed by atoms with van der Waals surface area (Å²) in [7, 11) is 0. The van der Waals surface area contributed by atoms with Crippen LogP contribution in [0.1, 0.15) is 44.5 Å². The van der Waals surface area contributed by atoms with E-state index in [9.17, 15) is 13.2 Å². The zero-order valence-electron chi connectivity index (χ0n) is 47.5. The van der Waals surface area contributed by atoms with E-state index >= 15 is 0 Å². The van der Waals surface area contributed by atoms with Crippen molar-refractivity contribution in [1.29, 1.82) is 0 Å². The van der Waals surface area contributed by atoms with Crippen LogP contribution in [0, 0.1) is 20.8 Å². The minimum Gasteiger partial charge on any atom is -0.454 e. The minimum absolute atomic E-state index is 0.546. The summed E-state index contributed by atoms with van der Waals surface area (Å²) < 4.78 is 60.7. The first-order valence-corrected chi connectivity index (χ1v) is 29.5. The molecule has 2 aliphatic rings. The van der Waals surface area contributed by atoms with E-state index in [0.29, 0.717) is 17.0 Å². The number of anilines is 6. The Morgan fingerprint density at radius 3 is 1.33 bits per heavy atom. The number of alkyl halides is 3. The number of aromatic nitrogens is 1. The molecule has 1 unspecified atom stereocenters. The second-order valence-electron chi connectivity index (χ2n) is 23.5. The number of fused-ring (bicyclic) bond motifs is 22. The highest BCUT2D eigenvalue weighted by molar-refractivity contribution is 6.22. The quantitative estimate of drug-likeness (QED) is 0.166. The molecule has 16 aromatic rings. The van der Waals surface area contributed by atoms with Gasteiger partial charge in [0.05, 0.1) is 50.4 Å². The van der Waals surface area contributed by atoms with Gasteiger partial charge in [-0.1, -0.05) is 181 Å². The standard InChI is InChI=1S/C79H50F3N3O2/c1-45-35-39-49(40-36-45)83(67-33-15-27-59-57-25-12-17-46(2)74(57)86-76(59)67)69-43-63-71(54-22-6-4-19-51(54)69)72-55-23-7-5-20-52(55)70(44-64(72)78(63)61-29-9-11-32-66(61)85-65-31-10-8-21-53(65)56-24-14-30-62(78)73(56)85)84(50-41-37-48(38-42-50)79(80,81)82)68-34-16-28-60-58-26-13-18-47(3)75(58)87-77(60)68/h4-44H,1-3H3. The van der Waals surface area contributed by atoms with Crippen molar-refractivity contribution in [1.82, 2.24) is 4.57 Å². The second-order valence-corrected chi connectivity index (χ2v) is 23.5. The van der Waals surface area contributed by atoms with Crippen molar-refractivity contribution in [3.05, 3.63) is 293 Å². The Morgan fingerprint density at radius 2 is 0.782 bits per heavy atom. The average molecular weight is 1130 g/mol. The summed E-state index contributed by atoms with van der Waals surface area (Å²) in [5.41, 5.74) is 19.2. The third kappa shape index (κ3) is 6.70. The molecule has 0 amide bonds. The molecule has 5 nitrogen and oxygen atoms in total. The highest BCUT2D eigenvalue weighted by atomic mass is 19.4. The maximum Gasteiger partial charge on any atom is 0.416 e. The molecule has 0 radical (unpaired) electrons. The van der Waals surface area contributed by atoms with Crippen molar-refractivity contribution in [2.75, 3.05) is 9.80 Å². The number of hydrogen-bond donors (Lipinski definition) is 0. The molecule has 8 heteroatoms. The molecule has 1 aliphatic heterocycles. The molecule has 414 valence electrons. The average Bonchev–Trinajstić information content (AvgIpc) is 1.51. The summed E-state index contributed by atoms with van der Waals surface area (Å²) in [6, 6.07) is 86.1. The van der Waals surface area contributed by atoms with Crippen LogP contribution in [0.3, 0.4) is 0 Å². The fourth-order valence-corrected chi connectivity index (χ4v) is 15.2. The number of rotatable bonds is 6. The molecule has 4 heterocycles. The van der Waals surface area contributed by atoms with Gasteiger partial charge in [-0.3, -0.25) is 0 Å². The van der Waals surface area contributed by atoms with E-state index in [1.165, 1.54) is 12.1 Å². The number of para-hydroxylation sites is 7.